The van der Waals surface area contributed by atoms with E-state index in [-0.39, 0.29) is 36.7 Å². The summed E-state index contributed by atoms with van der Waals surface area (Å²) in [6, 6.07) is 0. The summed E-state index contributed by atoms with van der Waals surface area (Å²) in [5.41, 5.74) is 0.498. The molecule has 2 unspecified atom stereocenters. The van der Waals surface area contributed by atoms with Gasteiger partial charge in [-0.1, -0.05) is 18.1 Å². The molecule has 9 nitrogen and oxygen atoms in total. The van der Waals surface area contributed by atoms with Crippen molar-refractivity contribution < 1.29 is 19.5 Å². The Morgan fingerprint density at radius 1 is 1.12 bits per heavy atom. The van der Waals surface area contributed by atoms with Crippen LogP contribution in [-0.2, 0) is 27.5 Å². The van der Waals surface area contributed by atoms with Gasteiger partial charge >= 0.3 is 5.97 Å². The molecule has 0 radical (unpaired) electrons. The van der Waals surface area contributed by atoms with Gasteiger partial charge in [0.1, 0.15) is 12.2 Å². The molecule has 2 heterocycles. The fraction of sp³-hybridized carbons (Fsp3) is 0.706. The third kappa shape index (κ3) is 4.39. The van der Waals surface area contributed by atoms with Gasteiger partial charge in [-0.2, -0.15) is 0 Å². The van der Waals surface area contributed by atoms with Gasteiger partial charge in [-0.3, -0.25) is 14.4 Å². The Balaban J connectivity index is 1.57. The highest BCUT2D eigenvalue weighted by molar-refractivity contribution is 5.88. The highest BCUT2D eigenvalue weighted by atomic mass is 16.4. The zero-order valence-electron chi connectivity index (χ0n) is 14.8. The second kappa shape index (κ2) is 8.29. The van der Waals surface area contributed by atoms with Crippen molar-refractivity contribution in [2.24, 2.45) is 11.8 Å². The van der Waals surface area contributed by atoms with Gasteiger partial charge in [0.15, 0.2) is 0 Å². The van der Waals surface area contributed by atoms with E-state index in [0.717, 1.165) is 51.6 Å². The normalized spacial score (nSPS) is 23.0. The highest BCUT2D eigenvalue weighted by Crippen LogP contribution is 2.32. The molecule has 9 heteroatoms. The molecule has 2 aliphatic rings. The number of carbonyl (C=O) groups is 3. The molecular weight excluding hydrogens is 338 g/mol. The first-order chi connectivity index (χ1) is 12.5. The molecule has 2 atom stereocenters. The SMILES string of the molecule is O=C(O)Cn1cc(CNC(=O)C2CCCCC2C(=O)N2CCCC2)nn1. The molecule has 1 aliphatic heterocycles. The first-order valence-electron chi connectivity index (χ1n) is 9.22. The van der Waals surface area contributed by atoms with Gasteiger partial charge in [0.05, 0.1) is 12.7 Å². The van der Waals surface area contributed by atoms with Crippen LogP contribution in [0, 0.1) is 11.8 Å². The number of likely N-dealkylation sites (tertiary alicyclic amines) is 1. The lowest BCUT2D eigenvalue weighted by Gasteiger charge is -2.32. The Morgan fingerprint density at radius 3 is 2.50 bits per heavy atom. The lowest BCUT2D eigenvalue weighted by Crippen LogP contribution is -2.44. The number of aromatic nitrogens is 3. The first-order valence-corrected chi connectivity index (χ1v) is 9.22. The standard InChI is InChI=1S/C17H25N5O4/c23-15(24)11-22-10-12(19-20-22)9-18-16(25)13-5-1-2-6-14(13)17(26)21-7-3-4-8-21/h10,13-14H,1-9,11H2,(H,18,25)(H,23,24). The van der Waals surface area contributed by atoms with Gasteiger partial charge in [0.2, 0.25) is 11.8 Å². The van der Waals surface area contributed by atoms with Crippen molar-refractivity contribution in [1.82, 2.24) is 25.2 Å². The van der Waals surface area contributed by atoms with Crippen LogP contribution in [0.4, 0.5) is 0 Å². The Hall–Kier alpha value is -2.45. The number of nitrogens with one attached hydrogen (secondary N) is 1. The number of aliphatic carboxylic acids is 1. The van der Waals surface area contributed by atoms with Crippen LogP contribution in [0.3, 0.4) is 0 Å². The average Bonchev–Trinajstić information content (AvgIpc) is 3.30. The Bertz CT molecular complexity index is 668. The number of hydrogen-bond donors (Lipinski definition) is 2. The number of nitrogens with zero attached hydrogens (tertiary/aromatic N) is 4. The summed E-state index contributed by atoms with van der Waals surface area (Å²) in [6.07, 6.45) is 7.02. The van der Waals surface area contributed by atoms with Crippen molar-refractivity contribution in [2.45, 2.75) is 51.6 Å². The monoisotopic (exact) mass is 363 g/mol. The largest absolute Gasteiger partial charge is 0.480 e. The zero-order valence-corrected chi connectivity index (χ0v) is 14.8. The number of rotatable bonds is 6. The summed E-state index contributed by atoms with van der Waals surface area (Å²) >= 11 is 0. The van der Waals surface area contributed by atoms with Crippen LogP contribution in [0.2, 0.25) is 0 Å². The molecule has 3 rings (SSSR count). The van der Waals surface area contributed by atoms with Crippen molar-refractivity contribution in [1.29, 1.82) is 0 Å². The molecule has 1 saturated carbocycles. The summed E-state index contributed by atoms with van der Waals surface area (Å²) in [6.45, 7) is 1.52. The topological polar surface area (TPSA) is 117 Å². The maximum atomic E-state index is 12.8. The van der Waals surface area contributed by atoms with E-state index in [2.05, 4.69) is 15.6 Å². The fourth-order valence-corrected chi connectivity index (χ4v) is 3.86. The van der Waals surface area contributed by atoms with Crippen molar-refractivity contribution in [2.75, 3.05) is 13.1 Å². The van der Waals surface area contributed by atoms with Crippen LogP contribution < -0.4 is 5.32 Å². The predicted octanol–water partition coefficient (Wildman–Crippen LogP) is 0.408. The number of carbonyl (C=O) groups excluding carboxylic acids is 2. The van der Waals surface area contributed by atoms with E-state index in [0.29, 0.717) is 5.69 Å². The van der Waals surface area contributed by atoms with E-state index in [1.165, 1.54) is 10.9 Å². The van der Waals surface area contributed by atoms with E-state index in [1.54, 1.807) is 0 Å². The molecule has 26 heavy (non-hydrogen) atoms. The first kappa shape index (κ1) is 18.3. The van der Waals surface area contributed by atoms with Gasteiger partial charge in [0.25, 0.3) is 0 Å². The number of amides is 2. The molecular formula is C17H25N5O4. The fourth-order valence-electron chi connectivity index (χ4n) is 3.86. The number of carboxylic acid groups (broad SMARTS) is 1. The van der Waals surface area contributed by atoms with Gasteiger partial charge in [-0.15, -0.1) is 5.10 Å². The third-order valence-electron chi connectivity index (χ3n) is 5.16. The molecule has 142 valence electrons. The lowest BCUT2D eigenvalue weighted by molar-refractivity contribution is -0.142. The van der Waals surface area contributed by atoms with E-state index in [9.17, 15) is 14.4 Å². The van der Waals surface area contributed by atoms with Gasteiger partial charge < -0.3 is 15.3 Å². The maximum Gasteiger partial charge on any atom is 0.325 e. The predicted molar refractivity (Wildman–Crippen MR) is 90.8 cm³/mol. The maximum absolute atomic E-state index is 12.8. The summed E-state index contributed by atoms with van der Waals surface area (Å²) in [7, 11) is 0. The lowest BCUT2D eigenvalue weighted by atomic mass is 9.78. The molecule has 2 amide bonds. The van der Waals surface area contributed by atoms with Gasteiger partial charge in [-0.25, -0.2) is 4.68 Å². The number of hydrogen-bond acceptors (Lipinski definition) is 5. The van der Waals surface area contributed by atoms with Crippen LogP contribution in [0.15, 0.2) is 6.20 Å². The zero-order chi connectivity index (χ0) is 18.5. The quantitative estimate of drug-likeness (QED) is 0.756. The molecule has 1 aromatic heterocycles. The molecule has 2 N–H and O–H groups in total. The minimum Gasteiger partial charge on any atom is -0.480 e. The van der Waals surface area contributed by atoms with Crippen LogP contribution in [0.1, 0.15) is 44.2 Å². The minimum absolute atomic E-state index is 0.120. The van der Waals surface area contributed by atoms with Crippen LogP contribution >= 0.6 is 0 Å². The summed E-state index contributed by atoms with van der Waals surface area (Å²) < 4.78 is 1.21. The molecule has 0 aromatic carbocycles. The van der Waals surface area contributed by atoms with E-state index in [4.69, 9.17) is 5.11 Å². The average molecular weight is 363 g/mol. The second-order valence-corrected chi connectivity index (χ2v) is 7.05. The third-order valence-corrected chi connectivity index (χ3v) is 5.16. The summed E-state index contributed by atoms with van der Waals surface area (Å²) in [5, 5.41) is 19.2. The van der Waals surface area contributed by atoms with Crippen LogP contribution in [0.25, 0.3) is 0 Å². The van der Waals surface area contributed by atoms with Crippen molar-refractivity contribution in [3.63, 3.8) is 0 Å². The molecule has 1 saturated heterocycles. The Labute approximate surface area is 151 Å². The van der Waals surface area contributed by atoms with Crippen molar-refractivity contribution in [3.8, 4) is 0 Å². The molecule has 0 spiro atoms. The highest BCUT2D eigenvalue weighted by Gasteiger charge is 2.38. The summed E-state index contributed by atoms with van der Waals surface area (Å²) in [4.78, 5) is 38.0. The van der Waals surface area contributed by atoms with Crippen LogP contribution in [-0.4, -0.2) is 55.9 Å². The second-order valence-electron chi connectivity index (χ2n) is 7.05. The van der Waals surface area contributed by atoms with E-state index >= 15 is 0 Å². The molecule has 0 bridgehead atoms. The Kier molecular flexibility index (Phi) is 5.85. The van der Waals surface area contributed by atoms with E-state index < -0.39 is 5.97 Å². The molecule has 1 aliphatic carbocycles. The summed E-state index contributed by atoms with van der Waals surface area (Å²) in [5.74, 6) is -1.55. The van der Waals surface area contributed by atoms with E-state index in [1.807, 2.05) is 4.90 Å². The minimum atomic E-state index is -1.00. The van der Waals surface area contributed by atoms with Crippen molar-refractivity contribution >= 4 is 17.8 Å². The number of carboxylic acids is 1. The Morgan fingerprint density at radius 2 is 1.81 bits per heavy atom. The van der Waals surface area contributed by atoms with Crippen molar-refractivity contribution in [3.05, 3.63) is 11.9 Å². The van der Waals surface area contributed by atoms with Gasteiger partial charge in [-0.05, 0) is 25.7 Å². The smallest absolute Gasteiger partial charge is 0.325 e. The van der Waals surface area contributed by atoms with Gasteiger partial charge in [0, 0.05) is 24.9 Å². The molecule has 1 aromatic rings. The molecule has 2 fully saturated rings. The van der Waals surface area contributed by atoms with Crippen LogP contribution in [0.5, 0.6) is 0 Å².